The molecule has 4 rings (SSSR count). The summed E-state index contributed by atoms with van der Waals surface area (Å²) in [6.45, 7) is 1.56. The Labute approximate surface area is 207 Å². The van der Waals surface area contributed by atoms with Gasteiger partial charge in [-0.1, -0.05) is 11.6 Å². The number of para-hydroxylation sites is 1. The Balaban J connectivity index is 0.00000272. The summed E-state index contributed by atoms with van der Waals surface area (Å²) in [5, 5.41) is 2.98. The molecule has 1 amide bonds. The van der Waals surface area contributed by atoms with Crippen molar-refractivity contribution in [3.63, 3.8) is 0 Å². The number of carbonyl (C=O) groups excluding carboxylic acids is 1. The van der Waals surface area contributed by atoms with Crippen LogP contribution in [0.3, 0.4) is 0 Å². The molecule has 4 aromatic rings. The van der Waals surface area contributed by atoms with Gasteiger partial charge in [0.1, 0.15) is 17.0 Å². The quantitative estimate of drug-likeness (QED) is 0.338. The van der Waals surface area contributed by atoms with Crippen molar-refractivity contribution in [1.29, 1.82) is 0 Å². The second kappa shape index (κ2) is 10.2. The van der Waals surface area contributed by atoms with E-state index in [4.69, 9.17) is 25.5 Å². The van der Waals surface area contributed by atoms with Crippen molar-refractivity contribution >= 4 is 34.3 Å². The number of hydrogen-bond acceptors (Lipinski definition) is 5. The summed E-state index contributed by atoms with van der Waals surface area (Å²) in [7, 11) is 0. The first-order chi connectivity index (χ1) is 14.5. The molecule has 0 spiro atoms. The van der Waals surface area contributed by atoms with Crippen LogP contribution in [0.5, 0.6) is 17.6 Å². The van der Waals surface area contributed by atoms with E-state index >= 15 is 0 Å². The van der Waals surface area contributed by atoms with Crippen molar-refractivity contribution in [2.24, 2.45) is 0 Å². The zero-order valence-electron chi connectivity index (χ0n) is 16.3. The predicted molar refractivity (Wildman–Crippen MR) is 109 cm³/mol. The average molecular weight is 515 g/mol. The molecule has 1 N–H and O–H groups in total. The van der Waals surface area contributed by atoms with Crippen LogP contribution < -0.4 is 14.8 Å². The Kier molecular flexibility index (Phi) is 7.65. The smallest absolute Gasteiger partial charge is 0.400 e. The summed E-state index contributed by atoms with van der Waals surface area (Å²) in [5.41, 5.74) is 1.12. The van der Waals surface area contributed by atoms with E-state index in [1.54, 1.807) is 49.4 Å². The molecule has 1 unspecified atom stereocenters. The van der Waals surface area contributed by atoms with Crippen LogP contribution in [-0.4, -0.2) is 17.0 Å². The Morgan fingerprint density at radius 1 is 1.19 bits per heavy atom. The molecule has 3 aromatic carbocycles. The van der Waals surface area contributed by atoms with Crippen LogP contribution in [-0.2, 0) is 37.5 Å². The molecule has 0 fully saturated rings. The van der Waals surface area contributed by atoms with Crippen LogP contribution in [0.1, 0.15) is 6.92 Å². The number of anilines is 1. The number of carbonyl (C=O) groups is 1. The molecule has 1 atom stereocenters. The predicted octanol–water partition coefficient (Wildman–Crippen LogP) is 5.62. The molecule has 0 saturated heterocycles. The molecule has 6 nitrogen and oxygen atoms in total. The van der Waals surface area contributed by atoms with Gasteiger partial charge in [-0.2, -0.15) is 23.2 Å². The maximum absolute atomic E-state index is 13.6. The van der Waals surface area contributed by atoms with Gasteiger partial charge in [0.25, 0.3) is 5.91 Å². The van der Waals surface area contributed by atoms with Crippen molar-refractivity contribution in [3.8, 4) is 17.6 Å². The largest absolute Gasteiger partial charge is 0.481 e. The van der Waals surface area contributed by atoms with Crippen molar-refractivity contribution in [1.82, 2.24) is 4.98 Å². The van der Waals surface area contributed by atoms with Gasteiger partial charge in [0, 0.05) is 49.6 Å². The third-order valence-electron chi connectivity index (χ3n) is 4.10. The minimum Gasteiger partial charge on any atom is -0.481 e. The first-order valence-corrected chi connectivity index (χ1v) is 9.33. The average Bonchev–Trinajstić information content (AvgIpc) is 3.12. The zero-order chi connectivity index (χ0) is 21.1. The van der Waals surface area contributed by atoms with Crippen LogP contribution >= 0.6 is 11.6 Å². The van der Waals surface area contributed by atoms with Crippen LogP contribution in [0.25, 0.3) is 11.1 Å². The van der Waals surface area contributed by atoms with E-state index < -0.39 is 17.8 Å². The molecule has 1 radical (unpaired) electrons. The van der Waals surface area contributed by atoms with Gasteiger partial charge >= 0.3 is 6.08 Å². The summed E-state index contributed by atoms with van der Waals surface area (Å²) in [4.78, 5) is 16.4. The van der Waals surface area contributed by atoms with Crippen LogP contribution in [0, 0.1) is 11.9 Å². The van der Waals surface area contributed by atoms with E-state index in [2.05, 4.69) is 16.4 Å². The van der Waals surface area contributed by atoms with E-state index in [1.165, 1.54) is 18.2 Å². The van der Waals surface area contributed by atoms with E-state index in [-0.39, 0.29) is 44.5 Å². The van der Waals surface area contributed by atoms with E-state index in [9.17, 15) is 9.18 Å². The van der Waals surface area contributed by atoms with Gasteiger partial charge in [0.15, 0.2) is 11.7 Å². The molecule has 0 bridgehead atoms. The second-order valence-electron chi connectivity index (χ2n) is 6.31. The van der Waals surface area contributed by atoms with Gasteiger partial charge in [-0.15, -0.1) is 6.07 Å². The normalized spacial score (nSPS) is 11.5. The molecule has 155 valence electrons. The molecule has 0 aliphatic rings. The Hall–Kier alpha value is -2.48. The molecule has 0 aliphatic carbocycles. The number of ether oxygens (including phenoxy) is 2. The van der Waals surface area contributed by atoms with Crippen molar-refractivity contribution in [2.45, 2.75) is 13.0 Å². The monoisotopic (exact) mass is 514 g/mol. The summed E-state index contributed by atoms with van der Waals surface area (Å²) < 4.78 is 30.3. The van der Waals surface area contributed by atoms with Gasteiger partial charge in [-0.05, 0) is 49.0 Å². The number of oxazole rings is 1. The first kappa shape index (κ1) is 23.2. The molecular formula is C22H15ClFN2O4Y-. The van der Waals surface area contributed by atoms with Gasteiger partial charge in [0.2, 0.25) is 0 Å². The standard InChI is InChI=1S/C22H15ClFN2O4.Y/c1-13(21(27)25-18-5-3-2-4-17(18)24)28-15-7-9-16(10-8-15)29-22-26-19-11-6-14(23)12-20(19)30-22;/h2-4,6-13H,1H3,(H,25,27);/q-1;. The van der Waals surface area contributed by atoms with Gasteiger partial charge < -0.3 is 19.2 Å². The summed E-state index contributed by atoms with van der Waals surface area (Å²) >= 11 is 5.93. The number of aromatic nitrogens is 1. The molecule has 0 aliphatic heterocycles. The Bertz CT molecular complexity index is 1200. The minimum atomic E-state index is -0.855. The fraction of sp³-hybridized carbons (Fsp3) is 0.0909. The minimum absolute atomic E-state index is 0. The first-order valence-electron chi connectivity index (χ1n) is 8.96. The maximum Gasteiger partial charge on any atom is 0.400 e. The third-order valence-corrected chi connectivity index (χ3v) is 4.33. The van der Waals surface area contributed by atoms with Gasteiger partial charge in [0.05, 0.1) is 0 Å². The van der Waals surface area contributed by atoms with E-state index in [0.29, 0.717) is 27.6 Å². The molecule has 0 saturated carbocycles. The Morgan fingerprint density at radius 2 is 1.94 bits per heavy atom. The van der Waals surface area contributed by atoms with Crippen LogP contribution in [0.15, 0.2) is 65.1 Å². The van der Waals surface area contributed by atoms with Crippen molar-refractivity contribution < 1.29 is 55.8 Å². The van der Waals surface area contributed by atoms with Crippen molar-refractivity contribution in [3.05, 3.63) is 77.6 Å². The fourth-order valence-corrected chi connectivity index (χ4v) is 2.76. The second-order valence-corrected chi connectivity index (χ2v) is 6.74. The molecule has 1 aromatic heterocycles. The molecule has 1 heterocycles. The fourth-order valence-electron chi connectivity index (χ4n) is 2.60. The third kappa shape index (κ3) is 5.82. The van der Waals surface area contributed by atoms with E-state index in [1.807, 2.05) is 0 Å². The summed E-state index contributed by atoms with van der Waals surface area (Å²) in [6.07, 6.45) is -0.776. The number of fused-ring (bicyclic) bond motifs is 1. The number of amides is 1. The summed E-state index contributed by atoms with van der Waals surface area (Å²) in [5.74, 6) is -0.159. The van der Waals surface area contributed by atoms with Gasteiger partial charge in [-0.25, -0.2) is 0 Å². The van der Waals surface area contributed by atoms with E-state index in [0.717, 1.165) is 0 Å². The molecule has 9 heteroatoms. The summed E-state index contributed by atoms with van der Waals surface area (Å²) in [6, 6.07) is 18.5. The number of halogens is 2. The number of benzene rings is 3. The van der Waals surface area contributed by atoms with Gasteiger partial charge in [-0.3, -0.25) is 9.18 Å². The van der Waals surface area contributed by atoms with Crippen LogP contribution in [0.2, 0.25) is 5.02 Å². The topological polar surface area (TPSA) is 73.6 Å². The maximum atomic E-state index is 13.6. The molecule has 31 heavy (non-hydrogen) atoms. The number of nitrogens with zero attached hydrogens (tertiary/aromatic N) is 1. The van der Waals surface area contributed by atoms with Crippen LogP contribution in [0.4, 0.5) is 10.1 Å². The number of nitrogens with one attached hydrogen (secondary N) is 1. The molecular weight excluding hydrogens is 500 g/mol. The zero-order valence-corrected chi connectivity index (χ0v) is 19.9. The number of hydrogen-bond donors (Lipinski definition) is 1. The van der Waals surface area contributed by atoms with Crippen molar-refractivity contribution in [2.75, 3.05) is 5.32 Å². The Morgan fingerprint density at radius 3 is 2.68 bits per heavy atom. The SMILES string of the molecule is CC(Oc1ccc(Oc2nc3ccc(Cl)cc3o2)cc1)C(=O)Nc1[c-]cccc1F.[Y]. The number of rotatable bonds is 6.